The number of nitrogens with one attached hydrogen (secondary N) is 3. The molecule has 0 amide bonds. The summed E-state index contributed by atoms with van der Waals surface area (Å²) in [5.41, 5.74) is 6.14. The van der Waals surface area contributed by atoms with Gasteiger partial charge in [-0.15, -0.1) is 9.24 Å². The Morgan fingerprint density at radius 1 is 0.889 bits per heavy atom. The van der Waals surface area contributed by atoms with Crippen LogP contribution in [0.4, 0.5) is 17.6 Å². The fourth-order valence-corrected chi connectivity index (χ4v) is 6.45. The lowest BCUT2D eigenvalue weighted by molar-refractivity contribution is 0.272. The van der Waals surface area contributed by atoms with Crippen LogP contribution in [0.3, 0.4) is 0 Å². The topological polar surface area (TPSA) is 94.4 Å². The highest BCUT2D eigenvalue weighted by atomic mass is 31.0. The number of anilines is 3. The normalized spacial score (nSPS) is 24.2. The molecule has 1 atom stereocenters. The van der Waals surface area contributed by atoms with E-state index in [2.05, 4.69) is 40.0 Å². The lowest BCUT2D eigenvalue weighted by atomic mass is 9.82. The molecular formula is C27H51N8P. The van der Waals surface area contributed by atoms with E-state index in [0.717, 1.165) is 76.3 Å². The standard InChI is InChI=1S/C27H51N8P/c28-25-19-26(35-15-13-34(14-16-35)17-18-36)33-27(32-25)31-21-23-9-7-22(8-10-23)20-29-11-4-12-30-24-5-2-1-3-6-24/h19,22-24,29-30H,1-18,20-21,36H2,(H3,28,31,32,33). The van der Waals surface area contributed by atoms with Gasteiger partial charge in [0.15, 0.2) is 0 Å². The van der Waals surface area contributed by atoms with Crippen LogP contribution in [0.25, 0.3) is 0 Å². The average Bonchev–Trinajstić information content (AvgIpc) is 2.91. The molecule has 0 bridgehead atoms. The van der Waals surface area contributed by atoms with E-state index in [0.29, 0.717) is 17.7 Å². The molecule has 9 heteroatoms. The second-order valence-electron chi connectivity index (χ2n) is 11.2. The van der Waals surface area contributed by atoms with Crippen LogP contribution in [0, 0.1) is 11.8 Å². The maximum atomic E-state index is 6.14. The highest BCUT2D eigenvalue weighted by Crippen LogP contribution is 2.29. The van der Waals surface area contributed by atoms with Crippen molar-refractivity contribution < 1.29 is 0 Å². The largest absolute Gasteiger partial charge is 0.383 e. The first-order chi connectivity index (χ1) is 17.7. The molecule has 2 saturated carbocycles. The molecular weight excluding hydrogens is 467 g/mol. The van der Waals surface area contributed by atoms with Crippen LogP contribution in [-0.4, -0.2) is 86.0 Å². The minimum absolute atomic E-state index is 0.554. The molecule has 3 fully saturated rings. The molecule has 1 unspecified atom stereocenters. The molecule has 2 heterocycles. The van der Waals surface area contributed by atoms with Crippen molar-refractivity contribution in [2.45, 2.75) is 70.3 Å². The molecule has 0 aromatic carbocycles. The number of rotatable bonds is 13. The monoisotopic (exact) mass is 518 g/mol. The van der Waals surface area contributed by atoms with E-state index in [1.807, 2.05) is 6.07 Å². The predicted octanol–water partition coefficient (Wildman–Crippen LogP) is 3.18. The number of nitrogens with zero attached hydrogens (tertiary/aromatic N) is 4. The summed E-state index contributed by atoms with van der Waals surface area (Å²) in [5, 5.41) is 11.0. The fourth-order valence-electron chi connectivity index (χ4n) is 6.08. The first kappa shape index (κ1) is 27.8. The van der Waals surface area contributed by atoms with Crippen molar-refractivity contribution in [1.29, 1.82) is 0 Å². The highest BCUT2D eigenvalue weighted by Gasteiger charge is 2.22. The van der Waals surface area contributed by atoms with Gasteiger partial charge in [0.2, 0.25) is 5.95 Å². The van der Waals surface area contributed by atoms with E-state index in [1.165, 1.54) is 70.8 Å². The molecule has 2 aliphatic carbocycles. The number of hydrogen-bond donors (Lipinski definition) is 4. The maximum Gasteiger partial charge on any atom is 0.226 e. The number of hydrogen-bond acceptors (Lipinski definition) is 8. The van der Waals surface area contributed by atoms with Crippen molar-refractivity contribution in [3.63, 3.8) is 0 Å². The van der Waals surface area contributed by atoms with Gasteiger partial charge in [0.25, 0.3) is 0 Å². The van der Waals surface area contributed by atoms with E-state index < -0.39 is 0 Å². The number of piperazine rings is 1. The van der Waals surface area contributed by atoms with Crippen LogP contribution >= 0.6 is 9.24 Å². The fraction of sp³-hybridized carbons (Fsp3) is 0.852. The van der Waals surface area contributed by atoms with E-state index >= 15 is 0 Å². The smallest absolute Gasteiger partial charge is 0.226 e. The average molecular weight is 519 g/mol. The third kappa shape index (κ3) is 9.27. The second-order valence-corrected chi connectivity index (χ2v) is 11.8. The highest BCUT2D eigenvalue weighted by molar-refractivity contribution is 7.16. The van der Waals surface area contributed by atoms with Crippen LogP contribution in [0.5, 0.6) is 0 Å². The summed E-state index contributed by atoms with van der Waals surface area (Å²) >= 11 is 0. The second kappa shape index (κ2) is 15.3. The van der Waals surface area contributed by atoms with Gasteiger partial charge in [-0.1, -0.05) is 19.3 Å². The molecule has 1 aromatic heterocycles. The minimum atomic E-state index is 0.554. The number of nitrogen functional groups attached to an aromatic ring is 1. The summed E-state index contributed by atoms with van der Waals surface area (Å²) in [5.74, 6) is 3.72. The molecule has 36 heavy (non-hydrogen) atoms. The van der Waals surface area contributed by atoms with E-state index in [1.54, 1.807) is 0 Å². The van der Waals surface area contributed by atoms with E-state index in [4.69, 9.17) is 10.7 Å². The zero-order chi connectivity index (χ0) is 25.0. The van der Waals surface area contributed by atoms with Crippen molar-refractivity contribution in [2.75, 3.05) is 81.0 Å². The Labute approximate surface area is 221 Å². The SMILES string of the molecule is Nc1cc(N2CCN(CCP)CC2)nc(NCC2CCC(CNCCCNC3CCCCC3)CC2)n1. The van der Waals surface area contributed by atoms with Gasteiger partial charge in [-0.2, -0.15) is 9.97 Å². The molecule has 1 saturated heterocycles. The lowest BCUT2D eigenvalue weighted by Crippen LogP contribution is -2.47. The molecule has 204 valence electrons. The summed E-state index contributed by atoms with van der Waals surface area (Å²) in [7, 11) is 2.82. The molecule has 1 aliphatic heterocycles. The molecule has 5 N–H and O–H groups in total. The van der Waals surface area contributed by atoms with Crippen LogP contribution in [0.1, 0.15) is 64.2 Å². The first-order valence-corrected chi connectivity index (χ1v) is 15.5. The lowest BCUT2D eigenvalue weighted by Gasteiger charge is -2.35. The Morgan fingerprint density at radius 2 is 1.61 bits per heavy atom. The third-order valence-electron chi connectivity index (χ3n) is 8.39. The van der Waals surface area contributed by atoms with Crippen LogP contribution in [0.15, 0.2) is 6.07 Å². The van der Waals surface area contributed by atoms with Gasteiger partial charge in [-0.3, -0.25) is 4.90 Å². The van der Waals surface area contributed by atoms with Gasteiger partial charge in [0.05, 0.1) is 0 Å². The summed E-state index contributed by atoms with van der Waals surface area (Å²) in [6, 6.07) is 2.70. The quantitative estimate of drug-likeness (QED) is 0.234. The Kier molecular flexibility index (Phi) is 11.8. The van der Waals surface area contributed by atoms with Crippen molar-refractivity contribution >= 4 is 26.8 Å². The summed E-state index contributed by atoms with van der Waals surface area (Å²) in [6.45, 7) is 9.72. The summed E-state index contributed by atoms with van der Waals surface area (Å²) in [6.07, 6.45) is 14.6. The van der Waals surface area contributed by atoms with Gasteiger partial charge in [0.1, 0.15) is 11.6 Å². The van der Waals surface area contributed by atoms with Gasteiger partial charge in [0, 0.05) is 51.4 Å². The maximum absolute atomic E-state index is 6.14. The zero-order valence-corrected chi connectivity index (χ0v) is 23.5. The zero-order valence-electron chi connectivity index (χ0n) is 22.4. The van der Waals surface area contributed by atoms with E-state index in [9.17, 15) is 0 Å². The molecule has 3 aliphatic rings. The number of nitrogens with two attached hydrogens (primary N) is 1. The van der Waals surface area contributed by atoms with E-state index in [-0.39, 0.29) is 0 Å². The van der Waals surface area contributed by atoms with Gasteiger partial charge >= 0.3 is 0 Å². The predicted molar refractivity (Wildman–Crippen MR) is 156 cm³/mol. The van der Waals surface area contributed by atoms with Crippen molar-refractivity contribution in [2.24, 2.45) is 11.8 Å². The Morgan fingerprint density at radius 3 is 2.33 bits per heavy atom. The van der Waals surface area contributed by atoms with Crippen LogP contribution in [-0.2, 0) is 0 Å². The summed E-state index contributed by atoms with van der Waals surface area (Å²) < 4.78 is 0. The minimum Gasteiger partial charge on any atom is -0.383 e. The van der Waals surface area contributed by atoms with Crippen molar-refractivity contribution in [1.82, 2.24) is 25.5 Å². The first-order valence-electron chi connectivity index (χ1n) is 14.7. The molecule has 8 nitrogen and oxygen atoms in total. The van der Waals surface area contributed by atoms with Gasteiger partial charge < -0.3 is 26.6 Å². The molecule has 4 rings (SSSR count). The molecule has 0 radical (unpaired) electrons. The van der Waals surface area contributed by atoms with Crippen molar-refractivity contribution in [3.05, 3.63) is 6.07 Å². The third-order valence-corrected chi connectivity index (χ3v) is 8.65. The molecule has 0 spiro atoms. The molecule has 1 aromatic rings. The Hall–Kier alpha value is -1.21. The number of aromatic nitrogens is 2. The Balaban J connectivity index is 1.08. The Bertz CT molecular complexity index is 743. The van der Waals surface area contributed by atoms with Crippen LogP contribution in [0.2, 0.25) is 0 Å². The van der Waals surface area contributed by atoms with Gasteiger partial charge in [-0.25, -0.2) is 0 Å². The van der Waals surface area contributed by atoms with Gasteiger partial charge in [-0.05, 0) is 82.6 Å². The van der Waals surface area contributed by atoms with Crippen molar-refractivity contribution in [3.8, 4) is 0 Å². The van der Waals surface area contributed by atoms with Crippen LogP contribution < -0.4 is 26.6 Å². The summed E-state index contributed by atoms with van der Waals surface area (Å²) in [4.78, 5) is 14.1.